The minimum atomic E-state index is -0.159. The van der Waals surface area contributed by atoms with Crippen molar-refractivity contribution in [3.8, 4) is 17.5 Å². The first-order valence-corrected chi connectivity index (χ1v) is 11.2. The van der Waals surface area contributed by atoms with Crippen molar-refractivity contribution in [3.05, 3.63) is 88.5 Å². The van der Waals surface area contributed by atoms with Crippen LogP contribution in [0.25, 0.3) is 16.6 Å². The highest BCUT2D eigenvalue weighted by atomic mass is 35.5. The van der Waals surface area contributed by atoms with Gasteiger partial charge in [-0.25, -0.2) is 0 Å². The Morgan fingerprint density at radius 1 is 1.00 bits per heavy atom. The maximum absolute atomic E-state index is 12.7. The number of ether oxygens (including phenoxy) is 1. The number of benzene rings is 2. The molecule has 0 bridgehead atoms. The largest absolute Gasteiger partial charge is 0.489 e. The van der Waals surface area contributed by atoms with Gasteiger partial charge in [0, 0.05) is 29.9 Å². The van der Waals surface area contributed by atoms with Crippen LogP contribution in [0.1, 0.15) is 24.0 Å². The minimum Gasteiger partial charge on any atom is -0.489 e. The minimum absolute atomic E-state index is 0. The van der Waals surface area contributed by atoms with Crippen LogP contribution in [-0.2, 0) is 13.2 Å². The normalized spacial score (nSPS) is 13.5. The highest BCUT2D eigenvalue weighted by Gasteiger charge is 2.12. The van der Waals surface area contributed by atoms with Gasteiger partial charge in [-0.2, -0.15) is 10.4 Å². The number of pyridine rings is 1. The second-order valence-corrected chi connectivity index (χ2v) is 8.33. The summed E-state index contributed by atoms with van der Waals surface area (Å²) >= 11 is 0. The second-order valence-electron chi connectivity index (χ2n) is 8.33. The Hall–Kier alpha value is -3.60. The molecule has 1 fully saturated rings. The first kappa shape index (κ1) is 23.6. The lowest BCUT2D eigenvalue weighted by molar-refractivity contribution is 0.305. The average molecular weight is 476 g/mol. The van der Waals surface area contributed by atoms with Crippen LogP contribution in [0.3, 0.4) is 0 Å². The molecule has 0 saturated carbocycles. The average Bonchev–Trinajstić information content (AvgIpc) is 3.51. The number of rotatable bonds is 7. The molecule has 0 unspecified atom stereocenters. The summed E-state index contributed by atoms with van der Waals surface area (Å²) < 4.78 is 9.42. The van der Waals surface area contributed by atoms with Gasteiger partial charge in [0.05, 0.1) is 29.9 Å². The van der Waals surface area contributed by atoms with E-state index in [9.17, 15) is 4.79 Å². The Balaban J connectivity index is 0.00000274. The molecule has 0 amide bonds. The third kappa shape index (κ3) is 5.14. The third-order valence-electron chi connectivity index (χ3n) is 6.11. The van der Waals surface area contributed by atoms with Crippen LogP contribution in [0.2, 0.25) is 0 Å². The van der Waals surface area contributed by atoms with Gasteiger partial charge in [0.1, 0.15) is 12.4 Å². The number of nitriles is 1. The van der Waals surface area contributed by atoms with Crippen LogP contribution in [0, 0.1) is 11.3 Å². The highest BCUT2D eigenvalue weighted by Crippen LogP contribution is 2.19. The van der Waals surface area contributed by atoms with Crippen LogP contribution in [0.4, 0.5) is 0 Å². The van der Waals surface area contributed by atoms with Crippen molar-refractivity contribution in [2.45, 2.75) is 26.0 Å². The second kappa shape index (κ2) is 10.6. The number of nitrogens with zero attached hydrogens (tertiary/aromatic N) is 5. The molecule has 1 saturated heterocycles. The molecule has 1 aliphatic rings. The molecule has 3 heterocycles. The first-order chi connectivity index (χ1) is 16.2. The van der Waals surface area contributed by atoms with Gasteiger partial charge in [0.2, 0.25) is 0 Å². The van der Waals surface area contributed by atoms with Gasteiger partial charge in [-0.05, 0) is 67.9 Å². The van der Waals surface area contributed by atoms with Crippen molar-refractivity contribution < 1.29 is 4.74 Å². The highest BCUT2D eigenvalue weighted by molar-refractivity contribution is 5.85. The molecule has 34 heavy (non-hydrogen) atoms. The molecule has 0 N–H and O–H groups in total. The van der Waals surface area contributed by atoms with Crippen molar-refractivity contribution in [1.82, 2.24) is 19.2 Å². The van der Waals surface area contributed by atoms with Crippen molar-refractivity contribution in [2.24, 2.45) is 0 Å². The fraction of sp³-hybridized carbons (Fsp3) is 0.269. The molecule has 1 aliphatic heterocycles. The van der Waals surface area contributed by atoms with Gasteiger partial charge in [-0.3, -0.25) is 14.0 Å². The number of fused-ring (bicyclic) bond motifs is 1. The Morgan fingerprint density at radius 3 is 2.53 bits per heavy atom. The summed E-state index contributed by atoms with van der Waals surface area (Å²) in [6, 6.07) is 18.6. The number of aromatic nitrogens is 3. The fourth-order valence-electron chi connectivity index (χ4n) is 4.25. The summed E-state index contributed by atoms with van der Waals surface area (Å²) in [6.07, 6.45) is 6.17. The predicted octanol–water partition coefficient (Wildman–Crippen LogP) is 4.16. The molecule has 5 rings (SSSR count). The number of hydrogen-bond donors (Lipinski definition) is 0. The summed E-state index contributed by atoms with van der Waals surface area (Å²) in [5, 5.41) is 14.5. The van der Waals surface area contributed by atoms with Gasteiger partial charge < -0.3 is 9.64 Å². The molecular weight excluding hydrogens is 450 g/mol. The Kier molecular flexibility index (Phi) is 7.31. The molecule has 0 radical (unpaired) electrons. The Labute approximate surface area is 204 Å². The summed E-state index contributed by atoms with van der Waals surface area (Å²) in [4.78, 5) is 15.2. The third-order valence-corrected chi connectivity index (χ3v) is 6.11. The van der Waals surface area contributed by atoms with E-state index in [2.05, 4.69) is 16.1 Å². The SMILES string of the molecule is Cl.N#Cc1ccc(COc2ccn(-c3ccc4c(cnn4CCN4CCCC4)c3)c(=O)c2)cc1. The van der Waals surface area contributed by atoms with Crippen LogP contribution >= 0.6 is 12.4 Å². The molecule has 4 aromatic rings. The molecule has 8 heteroatoms. The lowest BCUT2D eigenvalue weighted by atomic mass is 10.2. The summed E-state index contributed by atoms with van der Waals surface area (Å²) in [5.41, 5.74) is 3.26. The number of likely N-dealkylation sites (tertiary alicyclic amines) is 1. The van der Waals surface area contributed by atoms with E-state index in [0.717, 1.165) is 35.2 Å². The monoisotopic (exact) mass is 475 g/mol. The van der Waals surface area contributed by atoms with Crippen molar-refractivity contribution in [1.29, 1.82) is 5.26 Å². The molecule has 2 aromatic carbocycles. The molecule has 0 atom stereocenters. The van der Waals surface area contributed by atoms with Crippen LogP contribution in [0.5, 0.6) is 5.75 Å². The maximum atomic E-state index is 12.7. The van der Waals surface area contributed by atoms with E-state index in [1.807, 2.05) is 41.2 Å². The first-order valence-electron chi connectivity index (χ1n) is 11.2. The Morgan fingerprint density at radius 2 is 1.79 bits per heavy atom. The van der Waals surface area contributed by atoms with E-state index >= 15 is 0 Å². The van der Waals surface area contributed by atoms with E-state index in [1.54, 1.807) is 29.0 Å². The molecule has 2 aromatic heterocycles. The zero-order valence-electron chi connectivity index (χ0n) is 18.8. The number of halogens is 1. The van der Waals surface area contributed by atoms with Crippen molar-refractivity contribution in [2.75, 3.05) is 19.6 Å². The van der Waals surface area contributed by atoms with E-state index in [-0.39, 0.29) is 18.0 Å². The van der Waals surface area contributed by atoms with Crippen molar-refractivity contribution in [3.63, 3.8) is 0 Å². The van der Waals surface area contributed by atoms with Gasteiger partial charge in [-0.15, -0.1) is 12.4 Å². The maximum Gasteiger partial charge on any atom is 0.258 e. The smallest absolute Gasteiger partial charge is 0.258 e. The Bertz CT molecular complexity index is 1360. The van der Waals surface area contributed by atoms with E-state index in [0.29, 0.717) is 17.9 Å². The van der Waals surface area contributed by atoms with E-state index in [4.69, 9.17) is 10.00 Å². The molecule has 0 spiro atoms. The van der Waals surface area contributed by atoms with Crippen LogP contribution in [0.15, 0.2) is 71.8 Å². The standard InChI is InChI=1S/C26H25N5O2.ClH/c27-17-20-3-5-21(6-4-20)19-33-24-9-12-30(26(32)16-24)23-7-8-25-22(15-23)18-28-31(25)14-13-29-10-1-2-11-29;/h3-9,12,15-16,18H,1-2,10-11,13-14,19H2;1H. The topological polar surface area (TPSA) is 76.1 Å². The van der Waals surface area contributed by atoms with E-state index in [1.165, 1.54) is 32.0 Å². The zero-order chi connectivity index (χ0) is 22.6. The molecule has 174 valence electrons. The van der Waals surface area contributed by atoms with Crippen molar-refractivity contribution >= 4 is 23.3 Å². The summed E-state index contributed by atoms with van der Waals surface area (Å²) in [6.45, 7) is 4.58. The lowest BCUT2D eigenvalue weighted by Crippen LogP contribution is -2.24. The lowest BCUT2D eigenvalue weighted by Gasteiger charge is -2.14. The molecule has 7 nitrogen and oxygen atoms in total. The van der Waals surface area contributed by atoms with Gasteiger partial charge in [0.15, 0.2) is 0 Å². The summed E-state index contributed by atoms with van der Waals surface area (Å²) in [7, 11) is 0. The van der Waals surface area contributed by atoms with E-state index < -0.39 is 0 Å². The zero-order valence-corrected chi connectivity index (χ0v) is 19.6. The molecule has 0 aliphatic carbocycles. The summed E-state index contributed by atoms with van der Waals surface area (Å²) in [5.74, 6) is 0.511. The van der Waals surface area contributed by atoms with Gasteiger partial charge in [-0.1, -0.05) is 12.1 Å². The predicted molar refractivity (Wildman–Crippen MR) is 134 cm³/mol. The quantitative estimate of drug-likeness (QED) is 0.401. The van der Waals surface area contributed by atoms with Crippen LogP contribution in [-0.4, -0.2) is 38.9 Å². The van der Waals surface area contributed by atoms with Crippen LogP contribution < -0.4 is 10.3 Å². The number of hydrogen-bond acceptors (Lipinski definition) is 5. The van der Waals surface area contributed by atoms with Gasteiger partial charge in [0.25, 0.3) is 5.56 Å². The molecular formula is C26H26ClN5O2. The fourth-order valence-corrected chi connectivity index (χ4v) is 4.25. The van der Waals surface area contributed by atoms with Gasteiger partial charge >= 0.3 is 0 Å².